The van der Waals surface area contributed by atoms with Gasteiger partial charge in [-0.15, -0.1) is 0 Å². The summed E-state index contributed by atoms with van der Waals surface area (Å²) < 4.78 is 10.4. The Morgan fingerprint density at radius 1 is 1.50 bits per heavy atom. The minimum absolute atomic E-state index is 0.156. The first-order chi connectivity index (χ1) is 5.74. The van der Waals surface area contributed by atoms with Crippen LogP contribution in [0.25, 0.3) is 0 Å². The fraction of sp³-hybridized carbons (Fsp3) is 0.250. The molecule has 1 rings (SSSR count). The Hall–Kier alpha value is -0.740. The highest BCUT2D eigenvalue weighted by atomic mass is 79.9. The lowest BCUT2D eigenvalue weighted by atomic mass is 10.3. The Morgan fingerprint density at radius 2 is 2.25 bits per heavy atom. The van der Waals surface area contributed by atoms with Crippen LogP contribution in [0.5, 0.6) is 11.5 Å². The van der Waals surface area contributed by atoms with E-state index >= 15 is 0 Å². The van der Waals surface area contributed by atoms with Crippen LogP contribution in [0.15, 0.2) is 22.7 Å². The van der Waals surface area contributed by atoms with Crippen molar-refractivity contribution in [2.45, 2.75) is 0 Å². The number of methoxy groups -OCH3 is 1. The van der Waals surface area contributed by atoms with E-state index in [0.717, 1.165) is 0 Å². The van der Waals surface area contributed by atoms with Crippen molar-refractivity contribution < 1.29 is 14.6 Å². The zero-order valence-corrected chi connectivity index (χ0v) is 8.17. The zero-order valence-electron chi connectivity index (χ0n) is 6.58. The fourth-order valence-electron chi connectivity index (χ4n) is 0.709. The average Bonchev–Trinajstić information content (AvgIpc) is 2.07. The number of hydrogen-bond donors (Lipinski definition) is 1. The van der Waals surface area contributed by atoms with Crippen LogP contribution in [-0.4, -0.2) is 19.0 Å². The van der Waals surface area contributed by atoms with Gasteiger partial charge in [-0.2, -0.15) is 0 Å². The van der Waals surface area contributed by atoms with Crippen molar-refractivity contribution >= 4 is 15.9 Å². The number of rotatable bonds is 3. The normalized spacial score (nSPS) is 9.83. The molecule has 1 N–H and O–H groups in total. The molecule has 0 unspecified atom stereocenters. The summed E-state index contributed by atoms with van der Waals surface area (Å²) in [5, 5.41) is 9.23. The number of phenols is 1. The Labute approximate surface area is 79.1 Å². The Balaban J connectivity index is 2.69. The molecule has 0 radical (unpaired) electrons. The van der Waals surface area contributed by atoms with Gasteiger partial charge in [0.05, 0.1) is 4.47 Å². The van der Waals surface area contributed by atoms with E-state index in [0.29, 0.717) is 10.2 Å². The number of ether oxygens (including phenoxy) is 2. The average molecular weight is 233 g/mol. The van der Waals surface area contributed by atoms with Gasteiger partial charge in [-0.05, 0) is 28.1 Å². The molecule has 1 aromatic rings. The van der Waals surface area contributed by atoms with Crippen LogP contribution in [-0.2, 0) is 4.74 Å². The van der Waals surface area contributed by atoms with Gasteiger partial charge in [0.15, 0.2) is 6.79 Å². The summed E-state index contributed by atoms with van der Waals surface area (Å²) in [5.41, 5.74) is 0. The Bertz CT molecular complexity index is 262. The molecule has 0 fully saturated rings. The molecular formula is C8H9BrO3. The molecule has 0 heterocycles. The molecule has 0 atom stereocenters. The molecule has 0 aliphatic carbocycles. The second-order valence-electron chi connectivity index (χ2n) is 2.16. The molecule has 0 amide bonds. The smallest absolute Gasteiger partial charge is 0.188 e. The highest BCUT2D eigenvalue weighted by Crippen LogP contribution is 2.27. The molecule has 66 valence electrons. The summed E-state index contributed by atoms with van der Waals surface area (Å²) in [6, 6.07) is 4.96. The monoisotopic (exact) mass is 232 g/mol. The SMILES string of the molecule is COCOc1ccc(Br)c(O)c1. The maximum absolute atomic E-state index is 9.23. The molecule has 0 aliphatic heterocycles. The quantitative estimate of drug-likeness (QED) is 0.813. The Kier molecular flexibility index (Phi) is 3.37. The van der Waals surface area contributed by atoms with Crippen LogP contribution in [0.2, 0.25) is 0 Å². The molecule has 0 bridgehead atoms. The minimum Gasteiger partial charge on any atom is -0.507 e. The van der Waals surface area contributed by atoms with Crippen molar-refractivity contribution in [3.63, 3.8) is 0 Å². The summed E-state index contributed by atoms with van der Waals surface area (Å²) >= 11 is 3.16. The van der Waals surface area contributed by atoms with Gasteiger partial charge in [-0.25, -0.2) is 0 Å². The van der Waals surface area contributed by atoms with Crippen molar-refractivity contribution in [1.29, 1.82) is 0 Å². The van der Waals surface area contributed by atoms with E-state index < -0.39 is 0 Å². The Morgan fingerprint density at radius 3 is 2.83 bits per heavy atom. The lowest BCUT2D eigenvalue weighted by Crippen LogP contribution is -1.98. The molecule has 0 saturated heterocycles. The largest absolute Gasteiger partial charge is 0.507 e. The summed E-state index contributed by atoms with van der Waals surface area (Å²) in [5.74, 6) is 0.737. The number of aromatic hydroxyl groups is 1. The topological polar surface area (TPSA) is 38.7 Å². The van der Waals surface area contributed by atoms with E-state index in [1.165, 1.54) is 6.07 Å². The van der Waals surface area contributed by atoms with Crippen molar-refractivity contribution in [3.05, 3.63) is 22.7 Å². The van der Waals surface area contributed by atoms with Gasteiger partial charge >= 0.3 is 0 Å². The van der Waals surface area contributed by atoms with E-state index in [4.69, 9.17) is 9.47 Å². The lowest BCUT2D eigenvalue weighted by Gasteiger charge is -2.04. The lowest BCUT2D eigenvalue weighted by molar-refractivity contribution is 0.0510. The first kappa shape index (κ1) is 9.35. The number of halogens is 1. The van der Waals surface area contributed by atoms with Crippen molar-refractivity contribution in [3.8, 4) is 11.5 Å². The van der Waals surface area contributed by atoms with Crippen molar-refractivity contribution in [2.24, 2.45) is 0 Å². The summed E-state index contributed by atoms with van der Waals surface area (Å²) in [7, 11) is 1.54. The third kappa shape index (κ3) is 2.39. The third-order valence-electron chi connectivity index (χ3n) is 1.26. The molecule has 4 heteroatoms. The van der Waals surface area contributed by atoms with Gasteiger partial charge in [0.1, 0.15) is 11.5 Å². The van der Waals surface area contributed by atoms with E-state index in [-0.39, 0.29) is 12.5 Å². The van der Waals surface area contributed by atoms with Crippen molar-refractivity contribution in [1.82, 2.24) is 0 Å². The predicted octanol–water partition coefficient (Wildman–Crippen LogP) is 2.14. The van der Waals surface area contributed by atoms with Crippen LogP contribution in [0.4, 0.5) is 0 Å². The summed E-state index contributed by atoms with van der Waals surface area (Å²) in [4.78, 5) is 0. The van der Waals surface area contributed by atoms with Gasteiger partial charge in [0.25, 0.3) is 0 Å². The third-order valence-corrected chi connectivity index (χ3v) is 1.93. The maximum Gasteiger partial charge on any atom is 0.188 e. The highest BCUT2D eigenvalue weighted by molar-refractivity contribution is 9.10. The molecule has 0 aromatic heterocycles. The number of phenolic OH excluding ortho intramolecular Hbond substituents is 1. The van der Waals surface area contributed by atoms with E-state index in [2.05, 4.69) is 15.9 Å². The summed E-state index contributed by atoms with van der Waals surface area (Å²) in [6.45, 7) is 0.182. The predicted molar refractivity (Wildman–Crippen MR) is 48.3 cm³/mol. The highest BCUT2D eigenvalue weighted by Gasteiger charge is 1.99. The van der Waals surface area contributed by atoms with Crippen LogP contribution in [0.1, 0.15) is 0 Å². The van der Waals surface area contributed by atoms with Gasteiger partial charge in [-0.1, -0.05) is 0 Å². The number of hydrogen-bond acceptors (Lipinski definition) is 3. The van der Waals surface area contributed by atoms with Gasteiger partial charge in [-0.3, -0.25) is 0 Å². The standard InChI is InChI=1S/C8H9BrO3/c1-11-5-12-6-2-3-7(9)8(10)4-6/h2-4,10H,5H2,1H3. The van der Waals surface area contributed by atoms with Crippen LogP contribution < -0.4 is 4.74 Å². The first-order valence-corrected chi connectivity index (χ1v) is 4.13. The molecule has 0 spiro atoms. The van der Waals surface area contributed by atoms with Crippen molar-refractivity contribution in [2.75, 3.05) is 13.9 Å². The van der Waals surface area contributed by atoms with Gasteiger partial charge in [0.2, 0.25) is 0 Å². The molecule has 12 heavy (non-hydrogen) atoms. The van der Waals surface area contributed by atoms with E-state index in [1.807, 2.05) is 0 Å². The molecule has 0 saturated carbocycles. The van der Waals surface area contributed by atoms with Gasteiger partial charge < -0.3 is 14.6 Å². The fourth-order valence-corrected chi connectivity index (χ4v) is 0.956. The molecule has 1 aromatic carbocycles. The van der Waals surface area contributed by atoms with Crippen LogP contribution in [0.3, 0.4) is 0 Å². The molecule has 0 aliphatic rings. The second kappa shape index (κ2) is 4.33. The number of benzene rings is 1. The second-order valence-corrected chi connectivity index (χ2v) is 3.02. The summed E-state index contributed by atoms with van der Waals surface area (Å²) in [6.07, 6.45) is 0. The van der Waals surface area contributed by atoms with Crippen LogP contribution >= 0.6 is 15.9 Å². The molecular weight excluding hydrogens is 224 g/mol. The van der Waals surface area contributed by atoms with E-state index in [9.17, 15) is 5.11 Å². The van der Waals surface area contributed by atoms with E-state index in [1.54, 1.807) is 19.2 Å². The zero-order chi connectivity index (χ0) is 8.97. The first-order valence-electron chi connectivity index (χ1n) is 3.34. The van der Waals surface area contributed by atoms with Crippen LogP contribution in [0, 0.1) is 0 Å². The molecule has 3 nitrogen and oxygen atoms in total. The van der Waals surface area contributed by atoms with Gasteiger partial charge in [0, 0.05) is 13.2 Å². The maximum atomic E-state index is 9.23. The minimum atomic E-state index is 0.156.